The molecule has 8 heteroatoms. The van der Waals surface area contributed by atoms with Crippen LogP contribution in [0, 0.1) is 0 Å². The van der Waals surface area contributed by atoms with E-state index in [1.807, 2.05) is 36.4 Å². The first kappa shape index (κ1) is 21.2. The standard InChI is InChI=1S/C21H24ClN5OS/c1-15(2)27(12-9-20(28)24-14-17-7-10-23-11-8-17)21-25-19(26-29-21)13-16-3-5-18(22)6-4-16/h3-8,10-11,15H,9,12-14H2,1-2H3,(H,24,28). The number of nitrogens with zero attached hydrogens (tertiary/aromatic N) is 4. The van der Waals surface area contributed by atoms with Gasteiger partial charge in [0.15, 0.2) is 0 Å². The molecule has 29 heavy (non-hydrogen) atoms. The molecular formula is C21H24ClN5OS. The third-order valence-corrected chi connectivity index (χ3v) is 5.46. The average Bonchev–Trinajstić information content (AvgIpc) is 3.17. The minimum atomic E-state index is 0.0124. The van der Waals surface area contributed by atoms with Crippen LogP contribution in [0.5, 0.6) is 0 Å². The third kappa shape index (κ3) is 6.51. The number of hydrogen-bond donors (Lipinski definition) is 1. The fourth-order valence-electron chi connectivity index (χ4n) is 2.80. The van der Waals surface area contributed by atoms with E-state index in [4.69, 9.17) is 11.6 Å². The number of anilines is 1. The molecule has 0 aliphatic carbocycles. The number of nitrogens with one attached hydrogen (secondary N) is 1. The quantitative estimate of drug-likeness (QED) is 0.554. The Morgan fingerprint density at radius 3 is 2.55 bits per heavy atom. The summed E-state index contributed by atoms with van der Waals surface area (Å²) in [5, 5.41) is 4.51. The van der Waals surface area contributed by atoms with E-state index in [9.17, 15) is 4.79 Å². The predicted octanol–water partition coefficient (Wildman–Crippen LogP) is 4.10. The molecule has 3 aromatic rings. The van der Waals surface area contributed by atoms with Crippen LogP contribution in [-0.2, 0) is 17.8 Å². The minimum absolute atomic E-state index is 0.0124. The molecule has 0 aliphatic heterocycles. The van der Waals surface area contributed by atoms with Crippen LogP contribution in [0.3, 0.4) is 0 Å². The van der Waals surface area contributed by atoms with Gasteiger partial charge < -0.3 is 10.2 Å². The maximum Gasteiger partial charge on any atom is 0.222 e. The number of carbonyl (C=O) groups excluding carboxylic acids is 1. The monoisotopic (exact) mass is 429 g/mol. The molecule has 6 nitrogen and oxygen atoms in total. The summed E-state index contributed by atoms with van der Waals surface area (Å²) in [4.78, 5) is 23.0. The Morgan fingerprint density at radius 1 is 1.14 bits per heavy atom. The van der Waals surface area contributed by atoms with Crippen LogP contribution >= 0.6 is 23.1 Å². The molecule has 0 unspecified atom stereocenters. The predicted molar refractivity (Wildman–Crippen MR) is 117 cm³/mol. The van der Waals surface area contributed by atoms with Gasteiger partial charge in [-0.1, -0.05) is 23.7 Å². The smallest absolute Gasteiger partial charge is 0.222 e. The second-order valence-electron chi connectivity index (χ2n) is 6.97. The molecular weight excluding hydrogens is 406 g/mol. The summed E-state index contributed by atoms with van der Waals surface area (Å²) in [6.45, 7) is 5.28. The van der Waals surface area contributed by atoms with Gasteiger partial charge in [-0.05, 0) is 49.2 Å². The van der Waals surface area contributed by atoms with Crippen LogP contribution in [0.1, 0.15) is 37.2 Å². The Bertz CT molecular complexity index is 914. The van der Waals surface area contributed by atoms with E-state index in [1.165, 1.54) is 11.5 Å². The van der Waals surface area contributed by atoms with Crippen LogP contribution in [0.25, 0.3) is 0 Å². The number of pyridine rings is 1. The van der Waals surface area contributed by atoms with E-state index in [0.29, 0.717) is 31.0 Å². The molecule has 0 aliphatic rings. The molecule has 2 aromatic heterocycles. The van der Waals surface area contributed by atoms with Crippen molar-refractivity contribution in [3.63, 3.8) is 0 Å². The number of aromatic nitrogens is 3. The van der Waals surface area contributed by atoms with Crippen LogP contribution in [0.4, 0.5) is 5.13 Å². The van der Waals surface area contributed by atoms with E-state index in [2.05, 4.69) is 38.4 Å². The van der Waals surface area contributed by atoms with Crippen LogP contribution in [-0.4, -0.2) is 32.8 Å². The van der Waals surface area contributed by atoms with Gasteiger partial charge in [-0.2, -0.15) is 4.37 Å². The van der Waals surface area contributed by atoms with Crippen molar-refractivity contribution in [1.29, 1.82) is 0 Å². The molecule has 2 heterocycles. The zero-order valence-corrected chi connectivity index (χ0v) is 18.1. The van der Waals surface area contributed by atoms with E-state index in [-0.39, 0.29) is 11.9 Å². The summed E-state index contributed by atoms with van der Waals surface area (Å²) in [5.74, 6) is 0.790. The summed E-state index contributed by atoms with van der Waals surface area (Å²) < 4.78 is 4.49. The Labute approximate surface area is 180 Å². The molecule has 0 fully saturated rings. The minimum Gasteiger partial charge on any atom is -0.352 e. The molecule has 0 spiro atoms. The normalized spacial score (nSPS) is 10.9. The van der Waals surface area contributed by atoms with Gasteiger partial charge >= 0.3 is 0 Å². The van der Waals surface area contributed by atoms with Gasteiger partial charge in [0.25, 0.3) is 0 Å². The molecule has 0 radical (unpaired) electrons. The molecule has 1 amide bonds. The number of halogens is 1. The summed E-state index contributed by atoms with van der Waals surface area (Å²) in [6, 6.07) is 11.7. The molecule has 0 atom stereocenters. The molecule has 0 saturated heterocycles. The first-order valence-corrected chi connectivity index (χ1v) is 10.7. The summed E-state index contributed by atoms with van der Waals surface area (Å²) >= 11 is 7.31. The SMILES string of the molecule is CC(C)N(CCC(=O)NCc1ccncc1)c1nc(Cc2ccc(Cl)cc2)ns1. The van der Waals surface area contributed by atoms with Gasteiger partial charge in [-0.25, -0.2) is 4.98 Å². The summed E-state index contributed by atoms with van der Waals surface area (Å²) in [7, 11) is 0. The average molecular weight is 430 g/mol. The first-order chi connectivity index (χ1) is 14.0. The maximum atomic E-state index is 12.3. The molecule has 1 aromatic carbocycles. The lowest BCUT2D eigenvalue weighted by Crippen LogP contribution is -2.35. The summed E-state index contributed by atoms with van der Waals surface area (Å²) in [5.41, 5.74) is 2.15. The number of hydrogen-bond acceptors (Lipinski definition) is 6. The fourth-order valence-corrected chi connectivity index (χ4v) is 3.78. The zero-order chi connectivity index (χ0) is 20.6. The molecule has 0 saturated carbocycles. The van der Waals surface area contributed by atoms with Crippen LogP contribution < -0.4 is 10.2 Å². The van der Waals surface area contributed by atoms with Crippen molar-refractivity contribution in [2.75, 3.05) is 11.4 Å². The fraction of sp³-hybridized carbons (Fsp3) is 0.333. The largest absolute Gasteiger partial charge is 0.352 e. The number of amides is 1. The van der Waals surface area contributed by atoms with E-state index < -0.39 is 0 Å². The maximum absolute atomic E-state index is 12.3. The van der Waals surface area contributed by atoms with Crippen molar-refractivity contribution in [2.24, 2.45) is 0 Å². The highest BCUT2D eigenvalue weighted by atomic mass is 35.5. The van der Waals surface area contributed by atoms with Crippen molar-refractivity contribution in [1.82, 2.24) is 19.7 Å². The lowest BCUT2D eigenvalue weighted by Gasteiger charge is -2.25. The third-order valence-electron chi connectivity index (χ3n) is 4.42. The summed E-state index contributed by atoms with van der Waals surface area (Å²) in [6.07, 6.45) is 4.50. The Hall–Kier alpha value is -2.51. The number of carbonyl (C=O) groups is 1. The van der Waals surface area contributed by atoms with Gasteiger partial charge in [0.1, 0.15) is 5.82 Å². The van der Waals surface area contributed by atoms with Gasteiger partial charge in [0, 0.05) is 60.9 Å². The van der Waals surface area contributed by atoms with Crippen molar-refractivity contribution in [3.05, 3.63) is 70.8 Å². The van der Waals surface area contributed by atoms with Crippen LogP contribution in [0.15, 0.2) is 48.8 Å². The van der Waals surface area contributed by atoms with Crippen molar-refractivity contribution < 1.29 is 4.79 Å². The highest BCUT2D eigenvalue weighted by Gasteiger charge is 2.17. The van der Waals surface area contributed by atoms with Crippen molar-refractivity contribution >= 4 is 34.2 Å². The molecule has 0 bridgehead atoms. The molecule has 1 N–H and O–H groups in total. The van der Waals surface area contributed by atoms with Crippen molar-refractivity contribution in [2.45, 2.75) is 39.3 Å². The Balaban J connectivity index is 1.54. The molecule has 3 rings (SSSR count). The van der Waals surface area contributed by atoms with Gasteiger partial charge in [-0.3, -0.25) is 9.78 Å². The molecule has 152 valence electrons. The Kier molecular flexibility index (Phi) is 7.55. The highest BCUT2D eigenvalue weighted by molar-refractivity contribution is 7.09. The topological polar surface area (TPSA) is 71.0 Å². The van der Waals surface area contributed by atoms with Crippen molar-refractivity contribution in [3.8, 4) is 0 Å². The first-order valence-electron chi connectivity index (χ1n) is 9.50. The van der Waals surface area contributed by atoms with E-state index in [0.717, 1.165) is 22.1 Å². The second kappa shape index (κ2) is 10.3. The highest BCUT2D eigenvalue weighted by Crippen LogP contribution is 2.22. The van der Waals surface area contributed by atoms with E-state index in [1.54, 1.807) is 12.4 Å². The number of rotatable bonds is 9. The number of benzene rings is 1. The lowest BCUT2D eigenvalue weighted by molar-refractivity contribution is -0.121. The van der Waals surface area contributed by atoms with Gasteiger partial charge in [-0.15, -0.1) is 0 Å². The Morgan fingerprint density at radius 2 is 1.86 bits per heavy atom. The lowest BCUT2D eigenvalue weighted by atomic mass is 10.1. The zero-order valence-electron chi connectivity index (χ0n) is 16.5. The second-order valence-corrected chi connectivity index (χ2v) is 8.13. The van der Waals surface area contributed by atoms with Gasteiger partial charge in [0.05, 0.1) is 0 Å². The van der Waals surface area contributed by atoms with E-state index >= 15 is 0 Å². The van der Waals surface area contributed by atoms with Crippen LogP contribution in [0.2, 0.25) is 5.02 Å². The van der Waals surface area contributed by atoms with Gasteiger partial charge in [0.2, 0.25) is 11.0 Å².